The summed E-state index contributed by atoms with van der Waals surface area (Å²) in [5, 5.41) is 13.4. The van der Waals surface area contributed by atoms with Crippen LogP contribution in [0.1, 0.15) is 18.0 Å². The summed E-state index contributed by atoms with van der Waals surface area (Å²) in [6.45, 7) is 4.23. The van der Waals surface area contributed by atoms with Crippen LogP contribution in [-0.4, -0.2) is 42.8 Å². The summed E-state index contributed by atoms with van der Waals surface area (Å²) in [6.07, 6.45) is 0.740. The maximum absolute atomic E-state index is 9.23. The van der Waals surface area contributed by atoms with E-state index in [9.17, 15) is 5.11 Å². The Kier molecular flexibility index (Phi) is 6.97. The zero-order valence-corrected chi connectivity index (χ0v) is 11.9. The fourth-order valence-corrected chi connectivity index (χ4v) is 2.66. The van der Waals surface area contributed by atoms with Gasteiger partial charge >= 0.3 is 0 Å². The normalized spacial score (nSPS) is 18.1. The van der Waals surface area contributed by atoms with Gasteiger partial charge in [0.05, 0.1) is 0 Å². The average Bonchev–Trinajstić information content (AvgIpc) is 2.38. The summed E-state index contributed by atoms with van der Waals surface area (Å²) in [7, 11) is 0. The minimum absolute atomic E-state index is 0. The van der Waals surface area contributed by atoms with Crippen molar-refractivity contribution in [3.63, 3.8) is 0 Å². The summed E-state index contributed by atoms with van der Waals surface area (Å²) < 4.78 is 0. The van der Waals surface area contributed by atoms with Crippen molar-refractivity contribution < 1.29 is 5.11 Å². The molecule has 0 aromatic heterocycles. The van der Waals surface area contributed by atoms with Crippen LogP contribution >= 0.6 is 24.0 Å². The van der Waals surface area contributed by atoms with E-state index in [1.165, 1.54) is 0 Å². The Hall–Kier alpha value is -0.320. The summed E-state index contributed by atoms with van der Waals surface area (Å²) >= 11 is 6.25. The van der Waals surface area contributed by atoms with Crippen molar-refractivity contribution in [1.82, 2.24) is 10.2 Å². The van der Waals surface area contributed by atoms with Crippen molar-refractivity contribution in [2.75, 3.05) is 32.8 Å². The van der Waals surface area contributed by atoms with E-state index in [0.29, 0.717) is 0 Å². The highest BCUT2D eigenvalue weighted by molar-refractivity contribution is 6.31. The monoisotopic (exact) mass is 290 g/mol. The molecule has 1 saturated heterocycles. The van der Waals surface area contributed by atoms with E-state index in [0.717, 1.165) is 43.2 Å². The maximum Gasteiger partial charge on any atom is 0.0453 e. The van der Waals surface area contributed by atoms with E-state index in [1.54, 1.807) is 0 Å². The Balaban J connectivity index is 0.00000162. The maximum atomic E-state index is 9.23. The van der Waals surface area contributed by atoms with Gasteiger partial charge in [-0.1, -0.05) is 29.8 Å². The number of rotatable bonds is 4. The molecule has 2 N–H and O–H groups in total. The highest BCUT2D eigenvalue weighted by Gasteiger charge is 2.23. The molecule has 5 heteroatoms. The van der Waals surface area contributed by atoms with Crippen LogP contribution in [0.5, 0.6) is 0 Å². The zero-order chi connectivity index (χ0) is 12.1. The molecule has 1 fully saturated rings. The van der Waals surface area contributed by atoms with Crippen LogP contribution in [0.3, 0.4) is 0 Å². The molecule has 0 amide bonds. The van der Waals surface area contributed by atoms with Gasteiger partial charge in [0.1, 0.15) is 0 Å². The van der Waals surface area contributed by atoms with Crippen molar-refractivity contribution >= 4 is 24.0 Å². The number of nitrogens with zero attached hydrogens (tertiary/aromatic N) is 1. The van der Waals surface area contributed by atoms with Crippen molar-refractivity contribution in [3.8, 4) is 0 Å². The first-order valence-electron chi connectivity index (χ1n) is 6.13. The molecule has 0 aliphatic carbocycles. The van der Waals surface area contributed by atoms with E-state index in [-0.39, 0.29) is 25.1 Å². The summed E-state index contributed by atoms with van der Waals surface area (Å²) in [5.74, 6) is 0. The molecule has 0 unspecified atom stereocenters. The summed E-state index contributed by atoms with van der Waals surface area (Å²) in [4.78, 5) is 2.40. The number of halogens is 2. The van der Waals surface area contributed by atoms with Crippen LogP contribution in [0.25, 0.3) is 0 Å². The van der Waals surface area contributed by atoms with Gasteiger partial charge in [0.25, 0.3) is 0 Å². The number of aliphatic hydroxyl groups is 1. The number of aliphatic hydroxyl groups excluding tert-OH is 1. The lowest BCUT2D eigenvalue weighted by Gasteiger charge is -2.35. The molecule has 1 heterocycles. The van der Waals surface area contributed by atoms with Crippen LogP contribution in [-0.2, 0) is 0 Å². The average molecular weight is 291 g/mol. The van der Waals surface area contributed by atoms with Gasteiger partial charge in [-0.25, -0.2) is 0 Å². The summed E-state index contributed by atoms with van der Waals surface area (Å²) in [5.41, 5.74) is 1.13. The highest BCUT2D eigenvalue weighted by Crippen LogP contribution is 2.29. The van der Waals surface area contributed by atoms with E-state index in [2.05, 4.69) is 16.3 Å². The SMILES string of the molecule is Cl.OCC[C@H](c1ccccc1Cl)N1CCNCC1. The first-order chi connectivity index (χ1) is 8.33. The smallest absolute Gasteiger partial charge is 0.0453 e. The molecule has 1 aliphatic rings. The third-order valence-corrected chi connectivity index (χ3v) is 3.60. The first kappa shape index (κ1) is 15.7. The highest BCUT2D eigenvalue weighted by atomic mass is 35.5. The molecule has 3 nitrogen and oxygen atoms in total. The molecule has 0 spiro atoms. The molecular formula is C13H20Cl2N2O. The van der Waals surface area contributed by atoms with Gasteiger partial charge in [0.2, 0.25) is 0 Å². The standard InChI is InChI=1S/C13H19ClN2O.ClH/c14-12-4-2-1-3-11(12)13(5-10-17)16-8-6-15-7-9-16;/h1-4,13,15,17H,5-10H2;1H/t13-;/m1./s1. The largest absolute Gasteiger partial charge is 0.396 e. The number of hydrogen-bond donors (Lipinski definition) is 2. The predicted molar refractivity (Wildman–Crippen MR) is 77.6 cm³/mol. The number of piperazine rings is 1. The minimum atomic E-state index is 0. The zero-order valence-electron chi connectivity index (χ0n) is 10.3. The van der Waals surface area contributed by atoms with Crippen LogP contribution in [0.15, 0.2) is 24.3 Å². The van der Waals surface area contributed by atoms with Gasteiger partial charge in [0.15, 0.2) is 0 Å². The van der Waals surface area contributed by atoms with Gasteiger partial charge in [0, 0.05) is 43.9 Å². The van der Waals surface area contributed by atoms with E-state index in [1.807, 2.05) is 18.2 Å². The van der Waals surface area contributed by atoms with Gasteiger partial charge in [-0.2, -0.15) is 0 Å². The van der Waals surface area contributed by atoms with Crippen LogP contribution in [0.4, 0.5) is 0 Å². The quantitative estimate of drug-likeness (QED) is 0.891. The van der Waals surface area contributed by atoms with Gasteiger partial charge in [-0.3, -0.25) is 4.90 Å². The van der Waals surface area contributed by atoms with Crippen LogP contribution in [0.2, 0.25) is 5.02 Å². The van der Waals surface area contributed by atoms with Gasteiger partial charge in [-0.05, 0) is 18.1 Å². The fraction of sp³-hybridized carbons (Fsp3) is 0.538. The summed E-state index contributed by atoms with van der Waals surface area (Å²) in [6, 6.07) is 8.16. The lowest BCUT2D eigenvalue weighted by molar-refractivity contribution is 0.141. The Morgan fingerprint density at radius 1 is 1.28 bits per heavy atom. The lowest BCUT2D eigenvalue weighted by Crippen LogP contribution is -2.45. The Labute approximate surface area is 120 Å². The minimum Gasteiger partial charge on any atom is -0.396 e. The molecule has 102 valence electrons. The first-order valence-corrected chi connectivity index (χ1v) is 6.51. The molecule has 0 bridgehead atoms. The molecule has 0 radical (unpaired) electrons. The van der Waals surface area contributed by atoms with Gasteiger partial charge < -0.3 is 10.4 Å². The molecule has 18 heavy (non-hydrogen) atoms. The number of hydrogen-bond acceptors (Lipinski definition) is 3. The Bertz CT molecular complexity index is 357. The second-order valence-electron chi connectivity index (χ2n) is 4.34. The van der Waals surface area contributed by atoms with Crippen molar-refractivity contribution in [3.05, 3.63) is 34.9 Å². The molecule has 1 aromatic rings. The Morgan fingerprint density at radius 3 is 2.56 bits per heavy atom. The molecule has 0 saturated carbocycles. The second-order valence-corrected chi connectivity index (χ2v) is 4.74. The number of benzene rings is 1. The van der Waals surface area contributed by atoms with Crippen LogP contribution in [0, 0.1) is 0 Å². The third kappa shape index (κ3) is 3.84. The van der Waals surface area contributed by atoms with E-state index >= 15 is 0 Å². The van der Waals surface area contributed by atoms with Crippen LogP contribution < -0.4 is 5.32 Å². The van der Waals surface area contributed by atoms with Gasteiger partial charge in [-0.15, -0.1) is 12.4 Å². The Morgan fingerprint density at radius 2 is 1.94 bits per heavy atom. The number of nitrogens with one attached hydrogen (secondary N) is 1. The topological polar surface area (TPSA) is 35.5 Å². The van der Waals surface area contributed by atoms with Crippen molar-refractivity contribution in [2.24, 2.45) is 0 Å². The predicted octanol–water partition coefficient (Wildman–Crippen LogP) is 2.09. The molecule has 2 rings (SSSR count). The molecular weight excluding hydrogens is 271 g/mol. The second kappa shape index (κ2) is 7.97. The molecule has 1 aromatic carbocycles. The van der Waals surface area contributed by atoms with Crippen molar-refractivity contribution in [2.45, 2.75) is 12.5 Å². The third-order valence-electron chi connectivity index (χ3n) is 3.26. The van der Waals surface area contributed by atoms with E-state index in [4.69, 9.17) is 11.6 Å². The van der Waals surface area contributed by atoms with E-state index < -0.39 is 0 Å². The fourth-order valence-electron chi connectivity index (χ4n) is 2.40. The van der Waals surface area contributed by atoms with Crippen molar-refractivity contribution in [1.29, 1.82) is 0 Å². The molecule has 1 atom stereocenters. The lowest BCUT2D eigenvalue weighted by atomic mass is 10.0. The molecule has 1 aliphatic heterocycles.